The Bertz CT molecular complexity index is 1270. The van der Waals surface area contributed by atoms with Crippen molar-refractivity contribution in [2.24, 2.45) is 0 Å². The number of carbonyl (C=O) groups is 4. The van der Waals surface area contributed by atoms with Crippen LogP contribution in [0, 0.1) is 13.8 Å². The first-order chi connectivity index (χ1) is 16.3. The van der Waals surface area contributed by atoms with Crippen LogP contribution in [-0.2, 0) is 14.3 Å². The van der Waals surface area contributed by atoms with Crippen LogP contribution in [0.25, 0.3) is 6.08 Å². The average Bonchev–Trinajstić information content (AvgIpc) is 2.84. The van der Waals surface area contributed by atoms with Crippen LogP contribution >= 0.6 is 0 Å². The van der Waals surface area contributed by atoms with Gasteiger partial charge in [0.05, 0.1) is 24.0 Å². The second kappa shape index (κ2) is 9.15. The third-order valence-electron chi connectivity index (χ3n) is 5.61. The van der Waals surface area contributed by atoms with Gasteiger partial charge in [-0.1, -0.05) is 48.5 Å². The number of hydrogen-bond donors (Lipinski definition) is 0. The van der Waals surface area contributed by atoms with Gasteiger partial charge in [-0.2, -0.15) is 0 Å². The van der Waals surface area contributed by atoms with Crippen LogP contribution in [0.3, 0.4) is 0 Å². The first-order valence-electron chi connectivity index (χ1n) is 10.6. The Morgan fingerprint density at radius 1 is 0.735 bits per heavy atom. The maximum atomic E-state index is 13.5. The van der Waals surface area contributed by atoms with E-state index in [1.165, 1.54) is 13.2 Å². The van der Waals surface area contributed by atoms with Crippen molar-refractivity contribution < 1.29 is 23.9 Å². The van der Waals surface area contributed by atoms with Crippen LogP contribution in [0.15, 0.2) is 78.4 Å². The number of carbonyl (C=O) groups excluding carboxylic acids is 4. The zero-order valence-corrected chi connectivity index (χ0v) is 18.9. The Balaban J connectivity index is 1.86. The monoisotopic (exact) mass is 454 g/mol. The number of para-hydroxylation sites is 2. The lowest BCUT2D eigenvalue weighted by Crippen LogP contribution is -2.57. The molecule has 3 aromatic carbocycles. The number of ether oxygens (including phenoxy) is 1. The predicted molar refractivity (Wildman–Crippen MR) is 128 cm³/mol. The quantitative estimate of drug-likeness (QED) is 0.325. The molecule has 1 aliphatic heterocycles. The molecule has 0 aromatic heterocycles. The Morgan fingerprint density at radius 3 is 1.65 bits per heavy atom. The van der Waals surface area contributed by atoms with E-state index in [1.807, 2.05) is 12.1 Å². The van der Waals surface area contributed by atoms with Gasteiger partial charge >= 0.3 is 12.0 Å². The Morgan fingerprint density at radius 2 is 1.21 bits per heavy atom. The van der Waals surface area contributed by atoms with E-state index in [0.717, 1.165) is 9.80 Å². The molecule has 7 heteroatoms. The highest BCUT2D eigenvalue weighted by molar-refractivity contribution is 6.46. The molecule has 3 aromatic rings. The standard InChI is InChI=1S/C27H22N2O5/c1-17-8-4-6-10-22(17)28-24(30)21(16-19-12-14-20(15-13-19)26(32)34-3)25(31)29(27(28)33)23-11-7-5-9-18(23)2/h4-16H,1-3H3. The van der Waals surface area contributed by atoms with Crippen LogP contribution in [0.4, 0.5) is 16.2 Å². The van der Waals surface area contributed by atoms with E-state index in [-0.39, 0.29) is 5.57 Å². The highest BCUT2D eigenvalue weighted by Crippen LogP contribution is 2.32. The van der Waals surface area contributed by atoms with Gasteiger partial charge < -0.3 is 4.74 Å². The second-order valence-corrected chi connectivity index (χ2v) is 7.81. The summed E-state index contributed by atoms with van der Waals surface area (Å²) in [6.07, 6.45) is 1.43. The molecule has 0 N–H and O–H groups in total. The largest absolute Gasteiger partial charge is 0.465 e. The van der Waals surface area contributed by atoms with E-state index >= 15 is 0 Å². The molecule has 4 rings (SSSR count). The van der Waals surface area contributed by atoms with Gasteiger partial charge in [0.1, 0.15) is 5.57 Å². The molecular weight excluding hydrogens is 432 g/mol. The summed E-state index contributed by atoms with van der Waals surface area (Å²) in [5, 5.41) is 0. The number of anilines is 2. The summed E-state index contributed by atoms with van der Waals surface area (Å²) in [6.45, 7) is 3.58. The maximum Gasteiger partial charge on any atom is 0.343 e. The van der Waals surface area contributed by atoms with Crippen LogP contribution < -0.4 is 9.80 Å². The second-order valence-electron chi connectivity index (χ2n) is 7.81. The number of methoxy groups -OCH3 is 1. The molecule has 0 saturated carbocycles. The molecule has 1 aliphatic rings. The number of aryl methyl sites for hydroxylation is 2. The minimum Gasteiger partial charge on any atom is -0.465 e. The maximum absolute atomic E-state index is 13.5. The molecule has 0 bridgehead atoms. The summed E-state index contributed by atoms with van der Waals surface area (Å²) in [6, 6.07) is 19.5. The lowest BCUT2D eigenvalue weighted by Gasteiger charge is -2.35. The third-order valence-corrected chi connectivity index (χ3v) is 5.61. The van der Waals surface area contributed by atoms with E-state index in [9.17, 15) is 19.2 Å². The fourth-order valence-electron chi connectivity index (χ4n) is 3.78. The van der Waals surface area contributed by atoms with Gasteiger partial charge in [-0.15, -0.1) is 0 Å². The molecule has 4 amide bonds. The molecule has 0 spiro atoms. The zero-order chi connectivity index (χ0) is 24.4. The number of amides is 4. The molecule has 7 nitrogen and oxygen atoms in total. The van der Waals surface area contributed by atoms with Gasteiger partial charge in [-0.25, -0.2) is 19.4 Å². The van der Waals surface area contributed by atoms with E-state index in [2.05, 4.69) is 0 Å². The van der Waals surface area contributed by atoms with Crippen molar-refractivity contribution >= 4 is 41.3 Å². The molecule has 1 fully saturated rings. The predicted octanol–water partition coefficient (Wildman–Crippen LogP) is 4.67. The lowest BCUT2D eigenvalue weighted by molar-refractivity contribution is -0.121. The number of imide groups is 2. The number of hydrogen-bond acceptors (Lipinski definition) is 5. The summed E-state index contributed by atoms with van der Waals surface area (Å²) in [5.41, 5.74) is 2.91. The summed E-state index contributed by atoms with van der Waals surface area (Å²) in [5.74, 6) is -1.93. The molecule has 34 heavy (non-hydrogen) atoms. The van der Waals surface area contributed by atoms with E-state index < -0.39 is 23.8 Å². The van der Waals surface area contributed by atoms with Crippen LogP contribution in [0.5, 0.6) is 0 Å². The van der Waals surface area contributed by atoms with E-state index in [1.54, 1.807) is 74.5 Å². The number of nitrogens with zero attached hydrogens (tertiary/aromatic N) is 2. The molecular formula is C27H22N2O5. The van der Waals surface area contributed by atoms with Gasteiger partial charge in [0.2, 0.25) is 0 Å². The SMILES string of the molecule is COC(=O)c1ccc(C=C2C(=O)N(c3ccccc3C)C(=O)N(c3ccccc3C)C2=O)cc1. The summed E-state index contributed by atoms with van der Waals surface area (Å²) in [7, 11) is 1.29. The fraction of sp³-hybridized carbons (Fsp3) is 0.111. The number of urea groups is 1. The Labute approximate surface area is 196 Å². The minimum absolute atomic E-state index is 0.170. The van der Waals surface area contributed by atoms with Gasteiger partial charge in [0.15, 0.2) is 0 Å². The average molecular weight is 454 g/mol. The van der Waals surface area contributed by atoms with Crippen LogP contribution in [-0.4, -0.2) is 30.9 Å². The molecule has 1 heterocycles. The summed E-state index contributed by atoms with van der Waals surface area (Å²) >= 11 is 0. The van der Waals surface area contributed by atoms with Crippen molar-refractivity contribution in [3.05, 3.63) is 101 Å². The van der Waals surface area contributed by atoms with Crippen LogP contribution in [0.1, 0.15) is 27.0 Å². The minimum atomic E-state index is -0.739. The number of barbiturate groups is 1. The normalized spacial score (nSPS) is 13.9. The highest BCUT2D eigenvalue weighted by Gasteiger charge is 2.44. The van der Waals surface area contributed by atoms with Crippen molar-refractivity contribution in [2.75, 3.05) is 16.9 Å². The Hall–Kier alpha value is -4.52. The van der Waals surface area contributed by atoms with Crippen molar-refractivity contribution in [3.8, 4) is 0 Å². The van der Waals surface area contributed by atoms with Crippen molar-refractivity contribution in [2.45, 2.75) is 13.8 Å². The van der Waals surface area contributed by atoms with Crippen molar-refractivity contribution in [1.82, 2.24) is 0 Å². The molecule has 0 atom stereocenters. The Kier molecular flexibility index (Phi) is 6.10. The van der Waals surface area contributed by atoms with Crippen molar-refractivity contribution in [3.63, 3.8) is 0 Å². The number of esters is 1. The van der Waals surface area contributed by atoms with Gasteiger partial charge in [0.25, 0.3) is 11.8 Å². The van der Waals surface area contributed by atoms with E-state index in [4.69, 9.17) is 4.74 Å². The smallest absolute Gasteiger partial charge is 0.343 e. The molecule has 0 radical (unpaired) electrons. The third kappa shape index (κ3) is 3.99. The molecule has 0 aliphatic carbocycles. The molecule has 0 unspecified atom stereocenters. The zero-order valence-electron chi connectivity index (χ0n) is 18.9. The van der Waals surface area contributed by atoms with E-state index in [0.29, 0.717) is 33.6 Å². The first kappa shape index (κ1) is 22.7. The fourth-order valence-corrected chi connectivity index (χ4v) is 3.78. The van der Waals surface area contributed by atoms with Gasteiger partial charge in [-0.05, 0) is 60.9 Å². The summed E-state index contributed by atoms with van der Waals surface area (Å²) < 4.78 is 4.71. The number of rotatable bonds is 4. The topological polar surface area (TPSA) is 84.0 Å². The summed E-state index contributed by atoms with van der Waals surface area (Å²) in [4.78, 5) is 54.3. The lowest BCUT2D eigenvalue weighted by atomic mass is 10.0. The highest BCUT2D eigenvalue weighted by atomic mass is 16.5. The van der Waals surface area contributed by atoms with Crippen molar-refractivity contribution in [1.29, 1.82) is 0 Å². The van der Waals surface area contributed by atoms with Gasteiger partial charge in [0, 0.05) is 0 Å². The first-order valence-corrected chi connectivity index (χ1v) is 10.6. The molecule has 1 saturated heterocycles. The molecule has 170 valence electrons. The van der Waals surface area contributed by atoms with Gasteiger partial charge in [-0.3, -0.25) is 9.59 Å². The number of benzene rings is 3. The van der Waals surface area contributed by atoms with Crippen LogP contribution in [0.2, 0.25) is 0 Å².